The number of sulfonamides is 1. The van der Waals surface area contributed by atoms with Crippen LogP contribution in [0.2, 0.25) is 15.1 Å². The van der Waals surface area contributed by atoms with Crippen LogP contribution in [0.5, 0.6) is 5.75 Å². The summed E-state index contributed by atoms with van der Waals surface area (Å²) >= 11 is 18.3. The average molecular weight is 551 g/mol. The minimum atomic E-state index is -3.96. The van der Waals surface area contributed by atoms with Gasteiger partial charge < -0.3 is 15.0 Å². The van der Waals surface area contributed by atoms with Crippen molar-refractivity contribution in [1.29, 1.82) is 0 Å². The van der Waals surface area contributed by atoms with Crippen molar-refractivity contribution in [3.63, 3.8) is 0 Å². The molecular formula is C22H26Cl3N3O5S. The van der Waals surface area contributed by atoms with Crippen molar-refractivity contribution in [3.8, 4) is 5.75 Å². The molecule has 2 aromatic carbocycles. The van der Waals surface area contributed by atoms with Gasteiger partial charge in [-0.2, -0.15) is 0 Å². The molecule has 0 aliphatic heterocycles. The maximum absolute atomic E-state index is 13.5. The predicted octanol–water partition coefficient (Wildman–Crippen LogP) is 3.97. The third-order valence-electron chi connectivity index (χ3n) is 4.94. The summed E-state index contributed by atoms with van der Waals surface area (Å²) in [5.41, 5.74) is 0.696. The molecule has 0 aliphatic rings. The number of carbonyl (C=O) groups excluding carboxylic acids is 2. The summed E-state index contributed by atoms with van der Waals surface area (Å²) in [5.74, 6) is -0.415. The van der Waals surface area contributed by atoms with Crippen LogP contribution in [0.25, 0.3) is 0 Å². The Kier molecular flexibility index (Phi) is 9.87. The van der Waals surface area contributed by atoms with Gasteiger partial charge in [-0.25, -0.2) is 8.42 Å². The number of hydrogen-bond donors (Lipinski definition) is 1. The standard InChI is InChI=1S/C22H26Cl3N3O5S/c1-5-26-22(30)14(2)27(12-15-7-6-8-16(9-15)33-3)21(29)13-28(34(4,31)32)20-11-18(24)17(23)10-19(20)25/h6-11,14H,5,12-13H2,1-4H3,(H,26,30)/t14-/m0/s1. The summed E-state index contributed by atoms with van der Waals surface area (Å²) in [7, 11) is -2.44. The van der Waals surface area contributed by atoms with Crippen molar-refractivity contribution in [3.05, 3.63) is 57.0 Å². The van der Waals surface area contributed by atoms with E-state index in [0.29, 0.717) is 17.9 Å². The number of hydrogen-bond acceptors (Lipinski definition) is 5. The van der Waals surface area contributed by atoms with E-state index < -0.39 is 28.5 Å². The first-order chi connectivity index (χ1) is 15.9. The fraction of sp³-hybridized carbons (Fsp3) is 0.364. The Bertz CT molecular complexity index is 1160. The van der Waals surface area contributed by atoms with E-state index in [1.54, 1.807) is 38.1 Å². The number of likely N-dealkylation sites (N-methyl/N-ethyl adjacent to an activating group) is 1. The molecule has 0 unspecified atom stereocenters. The number of nitrogens with one attached hydrogen (secondary N) is 1. The Hall–Kier alpha value is -2.20. The first kappa shape index (κ1) is 28.0. The summed E-state index contributed by atoms with van der Waals surface area (Å²) in [5, 5.41) is 2.90. The van der Waals surface area contributed by atoms with Crippen LogP contribution in [0, 0.1) is 0 Å². The molecule has 12 heteroatoms. The van der Waals surface area contributed by atoms with Crippen LogP contribution in [-0.4, -0.2) is 57.6 Å². The molecule has 2 rings (SSSR count). The van der Waals surface area contributed by atoms with Gasteiger partial charge in [0.2, 0.25) is 21.8 Å². The first-order valence-electron chi connectivity index (χ1n) is 10.2. The number of methoxy groups -OCH3 is 1. The second-order valence-corrected chi connectivity index (χ2v) is 10.6. The molecule has 0 saturated carbocycles. The van der Waals surface area contributed by atoms with Gasteiger partial charge in [0.25, 0.3) is 0 Å². The Morgan fingerprint density at radius 1 is 1.09 bits per heavy atom. The summed E-state index contributed by atoms with van der Waals surface area (Å²) in [6.07, 6.45) is 0.943. The average Bonchev–Trinajstić information content (AvgIpc) is 2.77. The minimum Gasteiger partial charge on any atom is -0.497 e. The van der Waals surface area contributed by atoms with Gasteiger partial charge in [-0.1, -0.05) is 46.9 Å². The Morgan fingerprint density at radius 3 is 2.32 bits per heavy atom. The zero-order valence-electron chi connectivity index (χ0n) is 19.1. The molecule has 186 valence electrons. The Balaban J connectivity index is 2.46. The molecule has 0 spiro atoms. The van der Waals surface area contributed by atoms with Crippen LogP contribution in [-0.2, 0) is 26.2 Å². The van der Waals surface area contributed by atoms with Crippen molar-refractivity contribution in [1.82, 2.24) is 10.2 Å². The van der Waals surface area contributed by atoms with Gasteiger partial charge in [0.1, 0.15) is 18.3 Å². The number of nitrogens with zero attached hydrogens (tertiary/aromatic N) is 2. The molecule has 1 N–H and O–H groups in total. The third-order valence-corrected chi connectivity index (χ3v) is 7.09. The molecule has 34 heavy (non-hydrogen) atoms. The van der Waals surface area contributed by atoms with Crippen LogP contribution in [0.15, 0.2) is 36.4 Å². The zero-order valence-corrected chi connectivity index (χ0v) is 22.2. The summed E-state index contributed by atoms with van der Waals surface area (Å²) in [6, 6.07) is 8.71. The van der Waals surface area contributed by atoms with Crippen LogP contribution in [0.1, 0.15) is 19.4 Å². The molecule has 1 atom stereocenters. The van der Waals surface area contributed by atoms with Gasteiger partial charge in [0, 0.05) is 13.1 Å². The van der Waals surface area contributed by atoms with Gasteiger partial charge in [0.05, 0.1) is 34.1 Å². The van der Waals surface area contributed by atoms with E-state index >= 15 is 0 Å². The van der Waals surface area contributed by atoms with Crippen molar-refractivity contribution in [2.45, 2.75) is 26.4 Å². The Morgan fingerprint density at radius 2 is 1.74 bits per heavy atom. The van der Waals surface area contributed by atoms with Gasteiger partial charge in [-0.05, 0) is 43.7 Å². The lowest BCUT2D eigenvalue weighted by Crippen LogP contribution is -2.51. The third kappa shape index (κ3) is 7.15. The van der Waals surface area contributed by atoms with Crippen molar-refractivity contribution >= 4 is 62.3 Å². The maximum atomic E-state index is 13.5. The zero-order chi connectivity index (χ0) is 25.6. The van der Waals surface area contributed by atoms with E-state index in [4.69, 9.17) is 39.5 Å². The number of ether oxygens (including phenoxy) is 1. The topological polar surface area (TPSA) is 96.0 Å². The molecule has 0 bridgehead atoms. The number of benzene rings is 2. The monoisotopic (exact) mass is 549 g/mol. The molecule has 2 amide bonds. The van der Waals surface area contributed by atoms with Crippen molar-refractivity contribution in [2.24, 2.45) is 0 Å². The lowest BCUT2D eigenvalue weighted by molar-refractivity contribution is -0.139. The van der Waals surface area contributed by atoms with Gasteiger partial charge >= 0.3 is 0 Å². The molecule has 2 aromatic rings. The second kappa shape index (κ2) is 12.0. The van der Waals surface area contributed by atoms with Crippen LogP contribution < -0.4 is 14.4 Å². The van der Waals surface area contributed by atoms with Gasteiger partial charge in [-0.15, -0.1) is 0 Å². The van der Waals surface area contributed by atoms with E-state index in [1.807, 2.05) is 0 Å². The summed E-state index contributed by atoms with van der Waals surface area (Å²) in [4.78, 5) is 27.3. The molecule has 0 heterocycles. The van der Waals surface area contributed by atoms with Gasteiger partial charge in [-0.3, -0.25) is 13.9 Å². The van der Waals surface area contributed by atoms with E-state index in [1.165, 1.54) is 24.1 Å². The number of carbonyl (C=O) groups is 2. The molecule has 0 fully saturated rings. The highest BCUT2D eigenvalue weighted by atomic mass is 35.5. The smallest absolute Gasteiger partial charge is 0.244 e. The highest BCUT2D eigenvalue weighted by Gasteiger charge is 2.31. The number of anilines is 1. The second-order valence-electron chi connectivity index (χ2n) is 7.43. The van der Waals surface area contributed by atoms with E-state index in [0.717, 1.165) is 10.6 Å². The quantitative estimate of drug-likeness (QED) is 0.452. The molecule has 0 radical (unpaired) electrons. The fourth-order valence-corrected chi connectivity index (χ4v) is 4.72. The van der Waals surface area contributed by atoms with Crippen LogP contribution in [0.3, 0.4) is 0 Å². The minimum absolute atomic E-state index is 0.00101. The SMILES string of the molecule is CCNC(=O)[C@H](C)N(Cc1cccc(OC)c1)C(=O)CN(c1cc(Cl)c(Cl)cc1Cl)S(C)(=O)=O. The highest BCUT2D eigenvalue weighted by Crippen LogP contribution is 2.35. The molecular weight excluding hydrogens is 525 g/mol. The van der Waals surface area contributed by atoms with E-state index in [-0.39, 0.29) is 33.2 Å². The molecule has 8 nitrogen and oxygen atoms in total. The van der Waals surface area contributed by atoms with E-state index in [9.17, 15) is 18.0 Å². The summed E-state index contributed by atoms with van der Waals surface area (Å²) < 4.78 is 31.3. The van der Waals surface area contributed by atoms with E-state index in [2.05, 4.69) is 5.32 Å². The lowest BCUT2D eigenvalue weighted by atomic mass is 10.1. The van der Waals surface area contributed by atoms with Crippen LogP contribution >= 0.6 is 34.8 Å². The van der Waals surface area contributed by atoms with Gasteiger partial charge in [0.15, 0.2) is 0 Å². The lowest BCUT2D eigenvalue weighted by Gasteiger charge is -2.31. The normalized spacial score (nSPS) is 12.1. The van der Waals surface area contributed by atoms with Crippen LogP contribution in [0.4, 0.5) is 5.69 Å². The first-order valence-corrected chi connectivity index (χ1v) is 13.2. The Labute approximate surface area is 214 Å². The molecule has 0 saturated heterocycles. The molecule has 0 aromatic heterocycles. The number of rotatable bonds is 10. The fourth-order valence-electron chi connectivity index (χ4n) is 3.17. The summed E-state index contributed by atoms with van der Waals surface area (Å²) in [6.45, 7) is 3.14. The highest BCUT2D eigenvalue weighted by molar-refractivity contribution is 7.92. The molecule has 0 aliphatic carbocycles. The largest absolute Gasteiger partial charge is 0.497 e. The number of halogens is 3. The maximum Gasteiger partial charge on any atom is 0.244 e. The predicted molar refractivity (Wildman–Crippen MR) is 135 cm³/mol. The van der Waals surface area contributed by atoms with Crippen molar-refractivity contribution < 1.29 is 22.7 Å². The number of amides is 2. The van der Waals surface area contributed by atoms with Crippen molar-refractivity contribution in [2.75, 3.05) is 30.8 Å².